The molecule has 0 bridgehead atoms. The first-order chi connectivity index (χ1) is 23.2. The molecule has 1 saturated heterocycles. The molecule has 0 amide bonds. The summed E-state index contributed by atoms with van der Waals surface area (Å²) in [7, 11) is -1.72. The van der Waals surface area contributed by atoms with Crippen molar-refractivity contribution < 1.29 is 37.3 Å². The Bertz CT molecular complexity index is 1380. The average molecular weight is 661 g/mol. The van der Waals surface area contributed by atoms with Crippen molar-refractivity contribution in [2.24, 2.45) is 0 Å². The second-order valence-electron chi connectivity index (χ2n) is 11.0. The van der Waals surface area contributed by atoms with Crippen molar-refractivity contribution in [1.82, 2.24) is 0 Å². The van der Waals surface area contributed by atoms with Crippen LogP contribution < -0.4 is 0 Å². The SMILES string of the molecule is CCOP(OCC)O[C@H]1O[C@H](COCc2ccccc2)[C@@H](OCc2ccccc2)[C@H](OCc2ccccc2)[C@H]1OCc1ccccc1. The Labute approximate surface area is 279 Å². The second-order valence-corrected chi connectivity index (χ2v) is 12.2. The Kier molecular flexibility index (Phi) is 14.8. The van der Waals surface area contributed by atoms with Crippen LogP contribution in [0.5, 0.6) is 0 Å². The van der Waals surface area contributed by atoms with Gasteiger partial charge in [0, 0.05) is 0 Å². The number of hydrogen-bond acceptors (Lipinski definition) is 8. The summed E-state index contributed by atoms with van der Waals surface area (Å²) in [5.74, 6) is 0. The predicted molar refractivity (Wildman–Crippen MR) is 181 cm³/mol. The fourth-order valence-electron chi connectivity index (χ4n) is 5.23. The average Bonchev–Trinajstić information content (AvgIpc) is 3.12. The molecule has 1 aliphatic heterocycles. The molecule has 5 rings (SSSR count). The van der Waals surface area contributed by atoms with E-state index in [9.17, 15) is 0 Å². The highest BCUT2D eigenvalue weighted by Gasteiger charge is 2.50. The summed E-state index contributed by atoms with van der Waals surface area (Å²) in [5, 5.41) is 0. The maximum atomic E-state index is 6.76. The molecule has 0 spiro atoms. The molecule has 0 aromatic heterocycles. The van der Waals surface area contributed by atoms with Gasteiger partial charge in [-0.05, 0) is 36.1 Å². The van der Waals surface area contributed by atoms with Gasteiger partial charge in [0.1, 0.15) is 24.4 Å². The molecule has 0 aliphatic carbocycles. The molecular formula is C38H45O8P. The molecule has 8 nitrogen and oxygen atoms in total. The number of benzene rings is 4. The third-order valence-electron chi connectivity index (χ3n) is 7.50. The van der Waals surface area contributed by atoms with Gasteiger partial charge in [-0.15, -0.1) is 0 Å². The van der Waals surface area contributed by atoms with Crippen molar-refractivity contribution >= 4 is 8.60 Å². The molecule has 4 aromatic rings. The molecule has 4 aromatic carbocycles. The van der Waals surface area contributed by atoms with E-state index in [4.69, 9.17) is 37.3 Å². The van der Waals surface area contributed by atoms with E-state index >= 15 is 0 Å². The molecule has 250 valence electrons. The zero-order valence-electron chi connectivity index (χ0n) is 27.1. The second kappa shape index (κ2) is 19.7. The first-order valence-electron chi connectivity index (χ1n) is 16.2. The summed E-state index contributed by atoms with van der Waals surface area (Å²) < 4.78 is 51.2. The molecule has 1 fully saturated rings. The minimum Gasteiger partial charge on any atom is -0.374 e. The van der Waals surface area contributed by atoms with Gasteiger partial charge in [-0.1, -0.05) is 121 Å². The van der Waals surface area contributed by atoms with Crippen LogP contribution in [0.4, 0.5) is 0 Å². The predicted octanol–water partition coefficient (Wildman–Crippen LogP) is 8.00. The molecular weight excluding hydrogens is 615 g/mol. The molecule has 0 saturated carbocycles. The van der Waals surface area contributed by atoms with Gasteiger partial charge in [-0.3, -0.25) is 4.52 Å². The zero-order chi connectivity index (χ0) is 32.5. The van der Waals surface area contributed by atoms with Crippen LogP contribution in [-0.2, 0) is 63.7 Å². The Morgan fingerprint density at radius 1 is 0.511 bits per heavy atom. The van der Waals surface area contributed by atoms with Crippen LogP contribution in [-0.4, -0.2) is 50.5 Å². The lowest BCUT2D eigenvalue weighted by molar-refractivity contribution is -0.311. The van der Waals surface area contributed by atoms with E-state index in [-0.39, 0.29) is 6.61 Å². The monoisotopic (exact) mass is 660 g/mol. The normalized spacial score (nSPS) is 21.2. The van der Waals surface area contributed by atoms with Crippen molar-refractivity contribution in [2.75, 3.05) is 19.8 Å². The van der Waals surface area contributed by atoms with Gasteiger partial charge in [0.05, 0.1) is 46.2 Å². The van der Waals surface area contributed by atoms with Gasteiger partial charge in [0.15, 0.2) is 6.29 Å². The smallest absolute Gasteiger partial charge is 0.335 e. The van der Waals surface area contributed by atoms with Crippen LogP contribution in [0.3, 0.4) is 0 Å². The summed E-state index contributed by atoms with van der Waals surface area (Å²) in [6.45, 7) is 6.35. The first-order valence-corrected chi connectivity index (χ1v) is 17.3. The molecule has 9 heteroatoms. The summed E-state index contributed by atoms with van der Waals surface area (Å²) in [5.41, 5.74) is 4.15. The molecule has 1 heterocycles. The van der Waals surface area contributed by atoms with Crippen LogP contribution in [0.1, 0.15) is 36.1 Å². The number of hydrogen-bond donors (Lipinski definition) is 0. The molecule has 0 N–H and O–H groups in total. The Morgan fingerprint density at radius 2 is 0.915 bits per heavy atom. The van der Waals surface area contributed by atoms with Gasteiger partial charge in [-0.2, -0.15) is 0 Å². The summed E-state index contributed by atoms with van der Waals surface area (Å²) in [6, 6.07) is 40.2. The van der Waals surface area contributed by atoms with E-state index in [1.165, 1.54) is 0 Å². The van der Waals surface area contributed by atoms with Crippen LogP contribution in [0.25, 0.3) is 0 Å². The third kappa shape index (κ3) is 11.3. The fraction of sp³-hybridized carbons (Fsp3) is 0.368. The summed E-state index contributed by atoms with van der Waals surface area (Å²) >= 11 is 0. The van der Waals surface area contributed by atoms with Gasteiger partial charge >= 0.3 is 8.60 Å². The van der Waals surface area contributed by atoms with Crippen molar-refractivity contribution in [1.29, 1.82) is 0 Å². The summed E-state index contributed by atoms with van der Waals surface area (Å²) in [4.78, 5) is 0. The topological polar surface area (TPSA) is 73.8 Å². The Morgan fingerprint density at radius 3 is 1.36 bits per heavy atom. The van der Waals surface area contributed by atoms with Gasteiger partial charge < -0.3 is 32.7 Å². The lowest BCUT2D eigenvalue weighted by atomic mass is 9.98. The van der Waals surface area contributed by atoms with E-state index in [0.29, 0.717) is 39.6 Å². The molecule has 5 atom stereocenters. The van der Waals surface area contributed by atoms with Crippen molar-refractivity contribution in [3.63, 3.8) is 0 Å². The first kappa shape index (κ1) is 35.3. The van der Waals surface area contributed by atoms with E-state index in [1.807, 2.05) is 135 Å². The fourth-order valence-corrected chi connectivity index (χ4v) is 6.18. The number of ether oxygens (including phenoxy) is 5. The largest absolute Gasteiger partial charge is 0.374 e. The zero-order valence-corrected chi connectivity index (χ0v) is 28.0. The van der Waals surface area contributed by atoms with Crippen LogP contribution in [0.15, 0.2) is 121 Å². The molecule has 0 unspecified atom stereocenters. The highest BCUT2D eigenvalue weighted by Crippen LogP contribution is 2.44. The van der Waals surface area contributed by atoms with E-state index in [1.54, 1.807) is 0 Å². The maximum Gasteiger partial charge on any atom is 0.335 e. The van der Waals surface area contributed by atoms with Crippen molar-refractivity contribution in [3.05, 3.63) is 144 Å². The number of rotatable bonds is 19. The quantitative estimate of drug-likeness (QED) is 0.0938. The van der Waals surface area contributed by atoms with Crippen molar-refractivity contribution in [2.45, 2.75) is 71.0 Å². The standard InChI is InChI=1S/C38H45O8P/c1-3-43-47(44-4-2)46-38-37(42-28-33-23-15-8-16-24-33)36(41-27-32-21-13-7-14-22-32)35(40-26-31-19-11-6-12-20-31)34(45-38)29-39-25-30-17-9-5-10-18-30/h5-24,34-38H,3-4,25-29H2,1-2H3/t34-,35-,36+,37-,38-/m1/s1. The van der Waals surface area contributed by atoms with E-state index in [2.05, 4.69) is 0 Å². The minimum atomic E-state index is -1.72. The Hall–Kier alpha value is -3.01. The molecule has 0 radical (unpaired) electrons. The van der Waals surface area contributed by atoms with Gasteiger partial charge in [0.25, 0.3) is 0 Å². The highest BCUT2D eigenvalue weighted by molar-refractivity contribution is 7.41. The van der Waals surface area contributed by atoms with Crippen LogP contribution in [0, 0.1) is 0 Å². The molecule has 47 heavy (non-hydrogen) atoms. The van der Waals surface area contributed by atoms with Crippen LogP contribution in [0.2, 0.25) is 0 Å². The van der Waals surface area contributed by atoms with Gasteiger partial charge in [-0.25, -0.2) is 0 Å². The third-order valence-corrected chi connectivity index (χ3v) is 8.82. The lowest BCUT2D eigenvalue weighted by Gasteiger charge is -2.46. The van der Waals surface area contributed by atoms with Gasteiger partial charge in [0.2, 0.25) is 0 Å². The van der Waals surface area contributed by atoms with Crippen LogP contribution >= 0.6 is 8.60 Å². The van der Waals surface area contributed by atoms with Crippen molar-refractivity contribution in [3.8, 4) is 0 Å². The lowest BCUT2D eigenvalue weighted by Crippen LogP contribution is -2.61. The maximum absolute atomic E-state index is 6.76. The Balaban J connectivity index is 1.46. The molecule has 1 aliphatic rings. The van der Waals surface area contributed by atoms with E-state index < -0.39 is 39.3 Å². The highest BCUT2D eigenvalue weighted by atomic mass is 31.2. The summed E-state index contributed by atoms with van der Waals surface area (Å²) in [6.07, 6.45) is -3.26. The minimum absolute atomic E-state index is 0.242. The van der Waals surface area contributed by atoms with E-state index in [0.717, 1.165) is 22.3 Å².